The highest BCUT2D eigenvalue weighted by molar-refractivity contribution is 9.10. The third-order valence-electron chi connectivity index (χ3n) is 3.90. The Morgan fingerprint density at radius 1 is 1.29 bits per heavy atom. The Kier molecular flexibility index (Phi) is 3.97. The fraction of sp³-hybridized carbons (Fsp3) is 0.467. The number of hydrogen-bond acceptors (Lipinski definition) is 2. The van der Waals surface area contributed by atoms with Crippen LogP contribution in [-0.4, -0.2) is 35.3 Å². The van der Waals surface area contributed by atoms with Crippen LogP contribution in [0.5, 0.6) is 0 Å². The van der Waals surface area contributed by atoms with Gasteiger partial charge in [-0.1, -0.05) is 15.9 Å². The molecular formula is C15H16BrFN2O2. The monoisotopic (exact) mass is 354 g/mol. The lowest BCUT2D eigenvalue weighted by atomic mass is 10.1. The molecule has 1 saturated carbocycles. The Morgan fingerprint density at radius 3 is 2.71 bits per heavy atom. The van der Waals surface area contributed by atoms with E-state index in [0.29, 0.717) is 17.4 Å². The summed E-state index contributed by atoms with van der Waals surface area (Å²) in [5.74, 6) is -1.09. The summed E-state index contributed by atoms with van der Waals surface area (Å²) in [6, 6.07) is 4.14. The number of carbonyl (C=O) groups is 2. The summed E-state index contributed by atoms with van der Waals surface area (Å²) in [7, 11) is 0. The molecule has 0 radical (unpaired) electrons. The van der Waals surface area contributed by atoms with Crippen molar-refractivity contribution in [1.82, 2.24) is 10.2 Å². The van der Waals surface area contributed by atoms with Crippen molar-refractivity contribution in [1.29, 1.82) is 0 Å². The summed E-state index contributed by atoms with van der Waals surface area (Å²) in [5, 5.41) is 2.92. The van der Waals surface area contributed by atoms with Crippen molar-refractivity contribution in [3.05, 3.63) is 34.1 Å². The summed E-state index contributed by atoms with van der Waals surface area (Å²) in [4.78, 5) is 26.2. The Bertz CT molecular complexity index is 589. The second-order valence-electron chi connectivity index (χ2n) is 5.56. The van der Waals surface area contributed by atoms with E-state index in [4.69, 9.17) is 0 Å². The van der Waals surface area contributed by atoms with Gasteiger partial charge >= 0.3 is 0 Å². The van der Waals surface area contributed by atoms with Gasteiger partial charge in [0.05, 0.1) is 5.56 Å². The average Bonchev–Trinajstić information content (AvgIpc) is 3.11. The van der Waals surface area contributed by atoms with E-state index in [0.717, 1.165) is 19.3 Å². The zero-order valence-electron chi connectivity index (χ0n) is 11.4. The maximum atomic E-state index is 13.9. The number of nitrogens with one attached hydrogen (secondary N) is 1. The third-order valence-corrected chi connectivity index (χ3v) is 4.39. The molecule has 1 heterocycles. The van der Waals surface area contributed by atoms with Crippen LogP contribution >= 0.6 is 15.9 Å². The minimum absolute atomic E-state index is 0.0179. The number of hydrogen-bond donors (Lipinski definition) is 1. The lowest BCUT2D eigenvalue weighted by Gasteiger charge is -2.24. The van der Waals surface area contributed by atoms with E-state index in [1.165, 1.54) is 17.0 Å². The molecule has 1 N–H and O–H groups in total. The SMILES string of the molecule is O=C(NC1CC1)[C@H]1CCCN1C(=O)c1ccc(Br)cc1F. The molecule has 0 unspecified atom stereocenters. The number of likely N-dealkylation sites (tertiary alicyclic amines) is 1. The predicted molar refractivity (Wildman–Crippen MR) is 79.3 cm³/mol. The standard InChI is InChI=1S/C15H16BrFN2O2/c16-9-3-6-11(12(17)8-9)15(21)19-7-1-2-13(19)14(20)18-10-4-5-10/h3,6,8,10,13H,1-2,4-5,7H2,(H,18,20)/t13-/m1/s1. The molecule has 2 fully saturated rings. The summed E-state index contributed by atoms with van der Waals surface area (Å²) in [5.41, 5.74) is 0.0179. The first-order chi connectivity index (χ1) is 10.1. The van der Waals surface area contributed by atoms with Crippen LogP contribution in [0.4, 0.5) is 4.39 Å². The largest absolute Gasteiger partial charge is 0.352 e. The molecule has 1 aliphatic carbocycles. The lowest BCUT2D eigenvalue weighted by Crippen LogP contribution is -2.46. The van der Waals surface area contributed by atoms with Gasteiger partial charge in [-0.3, -0.25) is 9.59 Å². The lowest BCUT2D eigenvalue weighted by molar-refractivity contribution is -0.125. The molecule has 1 aliphatic heterocycles. The van der Waals surface area contributed by atoms with Crippen LogP contribution in [0.15, 0.2) is 22.7 Å². The van der Waals surface area contributed by atoms with Crippen LogP contribution in [-0.2, 0) is 4.79 Å². The number of rotatable bonds is 3. The second-order valence-corrected chi connectivity index (χ2v) is 6.48. The molecule has 2 aliphatic rings. The van der Waals surface area contributed by atoms with E-state index in [-0.39, 0.29) is 17.5 Å². The maximum absolute atomic E-state index is 13.9. The Labute approximate surface area is 130 Å². The van der Waals surface area contributed by atoms with Gasteiger partial charge in [0.25, 0.3) is 5.91 Å². The molecule has 4 nitrogen and oxygen atoms in total. The van der Waals surface area contributed by atoms with Crippen molar-refractivity contribution >= 4 is 27.7 Å². The number of benzene rings is 1. The normalized spacial score (nSPS) is 21.4. The zero-order valence-corrected chi connectivity index (χ0v) is 13.0. The molecule has 21 heavy (non-hydrogen) atoms. The highest BCUT2D eigenvalue weighted by Gasteiger charge is 2.37. The molecule has 3 rings (SSSR count). The van der Waals surface area contributed by atoms with Gasteiger partial charge in [0.2, 0.25) is 5.91 Å². The van der Waals surface area contributed by atoms with Crippen LogP contribution < -0.4 is 5.32 Å². The number of amides is 2. The minimum atomic E-state index is -0.567. The molecular weight excluding hydrogens is 339 g/mol. The van der Waals surface area contributed by atoms with E-state index in [2.05, 4.69) is 21.2 Å². The maximum Gasteiger partial charge on any atom is 0.257 e. The van der Waals surface area contributed by atoms with Gasteiger partial charge in [0, 0.05) is 17.1 Å². The Morgan fingerprint density at radius 2 is 2.05 bits per heavy atom. The molecule has 0 bridgehead atoms. The van der Waals surface area contributed by atoms with E-state index in [9.17, 15) is 14.0 Å². The fourth-order valence-corrected chi connectivity index (χ4v) is 2.96. The quantitative estimate of drug-likeness (QED) is 0.906. The Hall–Kier alpha value is -1.43. The van der Waals surface area contributed by atoms with Crippen molar-refractivity contribution in [2.24, 2.45) is 0 Å². The van der Waals surface area contributed by atoms with Gasteiger partial charge in [0.15, 0.2) is 0 Å². The summed E-state index contributed by atoms with van der Waals surface area (Å²) in [6.07, 6.45) is 3.43. The molecule has 0 aromatic heterocycles. The molecule has 1 aromatic rings. The van der Waals surface area contributed by atoms with E-state index >= 15 is 0 Å². The molecule has 6 heteroatoms. The first-order valence-electron chi connectivity index (χ1n) is 7.12. The molecule has 112 valence electrons. The van der Waals surface area contributed by atoms with Crippen LogP contribution in [0.1, 0.15) is 36.0 Å². The number of halogens is 2. The van der Waals surface area contributed by atoms with Crippen molar-refractivity contribution in [2.45, 2.75) is 37.8 Å². The zero-order chi connectivity index (χ0) is 15.0. The summed E-state index contributed by atoms with van der Waals surface area (Å²) < 4.78 is 14.5. The Balaban J connectivity index is 1.77. The smallest absolute Gasteiger partial charge is 0.257 e. The first-order valence-corrected chi connectivity index (χ1v) is 7.92. The highest BCUT2D eigenvalue weighted by Crippen LogP contribution is 2.25. The first kappa shape index (κ1) is 14.5. The van der Waals surface area contributed by atoms with Gasteiger partial charge in [-0.15, -0.1) is 0 Å². The van der Waals surface area contributed by atoms with E-state index in [1.54, 1.807) is 6.07 Å². The summed E-state index contributed by atoms with van der Waals surface area (Å²) in [6.45, 7) is 0.497. The van der Waals surface area contributed by atoms with E-state index < -0.39 is 17.8 Å². The van der Waals surface area contributed by atoms with Gasteiger partial charge in [-0.05, 0) is 43.9 Å². The van der Waals surface area contributed by atoms with Crippen LogP contribution in [0.3, 0.4) is 0 Å². The van der Waals surface area contributed by atoms with Crippen molar-refractivity contribution in [3.8, 4) is 0 Å². The van der Waals surface area contributed by atoms with Crippen molar-refractivity contribution in [2.75, 3.05) is 6.54 Å². The molecule has 1 atom stereocenters. The predicted octanol–water partition coefficient (Wildman–Crippen LogP) is 2.47. The van der Waals surface area contributed by atoms with Crippen molar-refractivity contribution in [3.63, 3.8) is 0 Å². The molecule has 2 amide bonds. The topological polar surface area (TPSA) is 49.4 Å². The second kappa shape index (κ2) is 5.75. The van der Waals surface area contributed by atoms with Crippen LogP contribution in [0.2, 0.25) is 0 Å². The van der Waals surface area contributed by atoms with Gasteiger partial charge in [0.1, 0.15) is 11.9 Å². The fourth-order valence-electron chi connectivity index (χ4n) is 2.63. The molecule has 1 saturated heterocycles. The highest BCUT2D eigenvalue weighted by atomic mass is 79.9. The minimum Gasteiger partial charge on any atom is -0.352 e. The number of carbonyl (C=O) groups excluding carboxylic acids is 2. The van der Waals surface area contributed by atoms with E-state index in [1.807, 2.05) is 0 Å². The van der Waals surface area contributed by atoms with Gasteiger partial charge in [-0.2, -0.15) is 0 Å². The van der Waals surface area contributed by atoms with Gasteiger partial charge < -0.3 is 10.2 Å². The van der Waals surface area contributed by atoms with Crippen LogP contribution in [0, 0.1) is 5.82 Å². The van der Waals surface area contributed by atoms with Crippen LogP contribution in [0.25, 0.3) is 0 Å². The third kappa shape index (κ3) is 3.10. The molecule has 0 spiro atoms. The number of nitrogens with zero attached hydrogens (tertiary/aromatic N) is 1. The average molecular weight is 355 g/mol. The summed E-state index contributed by atoms with van der Waals surface area (Å²) >= 11 is 3.17. The van der Waals surface area contributed by atoms with Gasteiger partial charge in [-0.25, -0.2) is 4.39 Å². The molecule has 1 aromatic carbocycles. The van der Waals surface area contributed by atoms with Crippen molar-refractivity contribution < 1.29 is 14.0 Å².